The van der Waals surface area contributed by atoms with Gasteiger partial charge in [0.15, 0.2) is 5.69 Å². The molecule has 0 unspecified atom stereocenters. The Hall–Kier alpha value is -1.95. The molecule has 0 aliphatic rings. The van der Waals surface area contributed by atoms with Crippen molar-refractivity contribution < 1.29 is 4.79 Å². The molecule has 0 radical (unpaired) electrons. The highest BCUT2D eigenvalue weighted by molar-refractivity contribution is 7.09. The molecule has 0 atom stereocenters. The molecular weight excluding hydrogens is 248 g/mol. The summed E-state index contributed by atoms with van der Waals surface area (Å²) < 4.78 is 0. The average Bonchev–Trinajstić information content (AvgIpc) is 2.91. The van der Waals surface area contributed by atoms with Crippen molar-refractivity contribution in [3.63, 3.8) is 0 Å². The monoisotopic (exact) mass is 262 g/mol. The molecule has 0 bridgehead atoms. The van der Waals surface area contributed by atoms with E-state index >= 15 is 0 Å². The van der Waals surface area contributed by atoms with Gasteiger partial charge in [0.25, 0.3) is 5.91 Å². The van der Waals surface area contributed by atoms with Gasteiger partial charge in [0.05, 0.1) is 6.54 Å². The first-order chi connectivity index (χ1) is 8.70. The maximum atomic E-state index is 12.1. The number of hydrogen-bond acceptors (Lipinski definition) is 5. The number of amides is 1. The Morgan fingerprint density at radius 1 is 1.39 bits per heavy atom. The molecule has 0 aliphatic carbocycles. The second kappa shape index (κ2) is 5.59. The summed E-state index contributed by atoms with van der Waals surface area (Å²) in [4.78, 5) is 14.9. The predicted molar refractivity (Wildman–Crippen MR) is 71.7 cm³/mol. The number of nitrogens with one attached hydrogen (secondary N) is 1. The minimum Gasteiger partial charge on any atom is -0.372 e. The first kappa shape index (κ1) is 12.5. The number of thiophene rings is 1. The normalized spacial score (nSPS) is 10.1. The summed E-state index contributed by atoms with van der Waals surface area (Å²) in [5, 5.41) is 12.6. The van der Waals surface area contributed by atoms with E-state index < -0.39 is 0 Å². The third-order valence-corrected chi connectivity index (χ3v) is 3.32. The van der Waals surface area contributed by atoms with E-state index in [4.69, 9.17) is 0 Å². The highest BCUT2D eigenvalue weighted by atomic mass is 32.1. The van der Waals surface area contributed by atoms with Crippen LogP contribution in [0.2, 0.25) is 0 Å². The van der Waals surface area contributed by atoms with E-state index in [1.165, 1.54) is 0 Å². The van der Waals surface area contributed by atoms with E-state index in [0.29, 0.717) is 18.1 Å². The lowest BCUT2D eigenvalue weighted by atomic mass is 10.3. The molecular formula is C12H14N4OS. The first-order valence-corrected chi connectivity index (χ1v) is 6.38. The maximum Gasteiger partial charge on any atom is 0.274 e. The van der Waals surface area contributed by atoms with E-state index in [0.717, 1.165) is 4.88 Å². The average molecular weight is 262 g/mol. The Kier molecular flexibility index (Phi) is 3.88. The Balaban J connectivity index is 2.05. The van der Waals surface area contributed by atoms with Crippen molar-refractivity contribution in [2.24, 2.45) is 0 Å². The zero-order valence-corrected chi connectivity index (χ0v) is 11.1. The zero-order chi connectivity index (χ0) is 13.0. The summed E-state index contributed by atoms with van der Waals surface area (Å²) in [5.74, 6) is 0.519. The van der Waals surface area contributed by atoms with E-state index in [9.17, 15) is 4.79 Å². The summed E-state index contributed by atoms with van der Waals surface area (Å²) in [6.45, 7) is 0.589. The van der Waals surface area contributed by atoms with Crippen LogP contribution in [0.4, 0.5) is 5.82 Å². The number of nitrogens with zero attached hydrogens (tertiary/aromatic N) is 3. The SMILES string of the molecule is CNc1ccc(C(=O)N(C)Cc2cccs2)nn1. The number of carbonyl (C=O) groups excluding carboxylic acids is 1. The molecule has 0 saturated carbocycles. The molecule has 5 nitrogen and oxygen atoms in total. The Labute approximate surface area is 109 Å². The van der Waals surface area contributed by atoms with Crippen LogP contribution in [0, 0.1) is 0 Å². The lowest BCUT2D eigenvalue weighted by Gasteiger charge is -2.15. The number of hydrogen-bond donors (Lipinski definition) is 1. The lowest BCUT2D eigenvalue weighted by molar-refractivity contribution is 0.0779. The number of aromatic nitrogens is 2. The Morgan fingerprint density at radius 2 is 2.22 bits per heavy atom. The summed E-state index contributed by atoms with van der Waals surface area (Å²) in [5.41, 5.74) is 0.355. The highest BCUT2D eigenvalue weighted by Gasteiger charge is 2.14. The quantitative estimate of drug-likeness (QED) is 0.913. The largest absolute Gasteiger partial charge is 0.372 e. The minimum atomic E-state index is -0.126. The Bertz CT molecular complexity index is 509. The van der Waals surface area contributed by atoms with Gasteiger partial charge in [-0.05, 0) is 23.6 Å². The molecule has 0 saturated heterocycles. The fourth-order valence-electron chi connectivity index (χ4n) is 1.48. The van der Waals surface area contributed by atoms with E-state index in [1.54, 1.807) is 42.5 Å². The van der Waals surface area contributed by atoms with Crippen LogP contribution >= 0.6 is 11.3 Å². The predicted octanol–water partition coefficient (Wildman–Crippen LogP) is 1.85. The summed E-state index contributed by atoms with van der Waals surface area (Å²) in [7, 11) is 3.52. The number of carbonyl (C=O) groups is 1. The van der Waals surface area contributed by atoms with Gasteiger partial charge < -0.3 is 10.2 Å². The molecule has 18 heavy (non-hydrogen) atoms. The third-order valence-electron chi connectivity index (χ3n) is 2.46. The van der Waals surface area contributed by atoms with E-state index in [2.05, 4.69) is 15.5 Å². The smallest absolute Gasteiger partial charge is 0.274 e. The van der Waals surface area contributed by atoms with Gasteiger partial charge in [0.2, 0.25) is 0 Å². The van der Waals surface area contributed by atoms with Crippen LogP contribution in [0.3, 0.4) is 0 Å². The standard InChI is InChI=1S/C12H14N4OS/c1-13-11-6-5-10(14-15-11)12(17)16(2)8-9-4-3-7-18-9/h3-7H,8H2,1-2H3,(H,13,15). The second-order valence-corrected chi connectivity index (χ2v) is 4.83. The van der Waals surface area contributed by atoms with E-state index in [1.807, 2.05) is 17.5 Å². The number of rotatable bonds is 4. The van der Waals surface area contributed by atoms with E-state index in [-0.39, 0.29) is 5.91 Å². The van der Waals surface area contributed by atoms with Crippen molar-refractivity contribution in [2.45, 2.75) is 6.54 Å². The van der Waals surface area contributed by atoms with Crippen molar-refractivity contribution in [1.29, 1.82) is 0 Å². The van der Waals surface area contributed by atoms with Crippen molar-refractivity contribution in [3.8, 4) is 0 Å². The van der Waals surface area contributed by atoms with Crippen LogP contribution in [0.15, 0.2) is 29.6 Å². The third kappa shape index (κ3) is 2.84. The van der Waals surface area contributed by atoms with Crippen molar-refractivity contribution >= 4 is 23.1 Å². The molecule has 0 aliphatic heterocycles. The molecule has 2 heterocycles. The van der Waals surface area contributed by atoms with Gasteiger partial charge in [0, 0.05) is 19.0 Å². The van der Waals surface area contributed by atoms with Crippen LogP contribution in [0.5, 0.6) is 0 Å². The lowest BCUT2D eigenvalue weighted by Crippen LogP contribution is -2.26. The van der Waals surface area contributed by atoms with Gasteiger partial charge in [-0.3, -0.25) is 4.79 Å². The molecule has 94 valence electrons. The molecule has 0 aromatic carbocycles. The van der Waals surface area contributed by atoms with Crippen molar-refractivity contribution in [3.05, 3.63) is 40.2 Å². The summed E-state index contributed by atoms with van der Waals surface area (Å²) >= 11 is 1.63. The fraction of sp³-hybridized carbons (Fsp3) is 0.250. The molecule has 2 aromatic rings. The van der Waals surface area contributed by atoms with Gasteiger partial charge >= 0.3 is 0 Å². The number of anilines is 1. The van der Waals surface area contributed by atoms with Crippen LogP contribution < -0.4 is 5.32 Å². The summed E-state index contributed by atoms with van der Waals surface area (Å²) in [6.07, 6.45) is 0. The molecule has 6 heteroatoms. The minimum absolute atomic E-state index is 0.126. The van der Waals surface area contributed by atoms with Gasteiger partial charge in [-0.15, -0.1) is 21.5 Å². The second-order valence-electron chi connectivity index (χ2n) is 3.79. The van der Waals surface area contributed by atoms with Gasteiger partial charge in [0.1, 0.15) is 5.82 Å². The van der Waals surface area contributed by atoms with Crippen molar-refractivity contribution in [1.82, 2.24) is 15.1 Å². The molecule has 0 spiro atoms. The van der Waals surface area contributed by atoms with Crippen LogP contribution in [0.1, 0.15) is 15.4 Å². The molecule has 0 fully saturated rings. The maximum absolute atomic E-state index is 12.1. The molecule has 2 aromatic heterocycles. The first-order valence-electron chi connectivity index (χ1n) is 5.50. The van der Waals surface area contributed by atoms with Crippen LogP contribution in [0.25, 0.3) is 0 Å². The topological polar surface area (TPSA) is 58.1 Å². The molecule has 1 N–H and O–H groups in total. The fourth-order valence-corrected chi connectivity index (χ4v) is 2.24. The molecule has 1 amide bonds. The van der Waals surface area contributed by atoms with Gasteiger partial charge in [-0.25, -0.2) is 0 Å². The van der Waals surface area contributed by atoms with Gasteiger partial charge in [-0.1, -0.05) is 6.07 Å². The van der Waals surface area contributed by atoms with Crippen LogP contribution in [-0.2, 0) is 6.54 Å². The zero-order valence-electron chi connectivity index (χ0n) is 10.3. The van der Waals surface area contributed by atoms with Crippen LogP contribution in [-0.4, -0.2) is 35.1 Å². The Morgan fingerprint density at radius 3 is 2.78 bits per heavy atom. The highest BCUT2D eigenvalue weighted by Crippen LogP contribution is 2.12. The van der Waals surface area contributed by atoms with Crippen molar-refractivity contribution in [2.75, 3.05) is 19.4 Å². The van der Waals surface area contributed by atoms with Gasteiger partial charge in [-0.2, -0.15) is 0 Å². The summed E-state index contributed by atoms with van der Waals surface area (Å²) in [6, 6.07) is 7.38. The molecule has 2 rings (SSSR count).